The highest BCUT2D eigenvalue weighted by molar-refractivity contribution is 5.85. The van der Waals surface area contributed by atoms with Gasteiger partial charge in [-0.3, -0.25) is 0 Å². The molecule has 1 N–H and O–H groups in total. The van der Waals surface area contributed by atoms with Crippen LogP contribution < -0.4 is 0 Å². The quantitative estimate of drug-likeness (QED) is 0.490. The Morgan fingerprint density at radius 3 is 2.80 bits per heavy atom. The van der Waals surface area contributed by atoms with Crippen LogP contribution in [0.4, 0.5) is 0 Å². The first-order valence-corrected chi connectivity index (χ1v) is 9.24. The van der Waals surface area contributed by atoms with E-state index in [9.17, 15) is 9.90 Å². The molecule has 0 amide bonds. The van der Waals surface area contributed by atoms with Crippen LogP contribution in [-0.2, 0) is 15.1 Å². The van der Waals surface area contributed by atoms with Gasteiger partial charge >= 0.3 is 5.97 Å². The molecule has 1 fully saturated rings. The van der Waals surface area contributed by atoms with Crippen LogP contribution in [0.1, 0.15) is 51.0 Å². The lowest BCUT2D eigenvalue weighted by Gasteiger charge is -2.31. The maximum absolute atomic E-state index is 12.8. The first-order chi connectivity index (χ1) is 12.1. The fraction of sp³-hybridized carbons (Fsp3) is 0.571. The van der Waals surface area contributed by atoms with Crippen molar-refractivity contribution in [2.24, 2.45) is 0 Å². The molecule has 25 heavy (non-hydrogen) atoms. The molecule has 2 rings (SSSR count). The topological polar surface area (TPSA) is 49.8 Å². The molecule has 0 saturated carbocycles. The molecule has 1 aliphatic heterocycles. The maximum Gasteiger partial charge on any atom is 0.356 e. The van der Waals surface area contributed by atoms with Gasteiger partial charge < -0.3 is 14.7 Å². The highest BCUT2D eigenvalue weighted by Gasteiger charge is 2.39. The number of likely N-dealkylation sites (N-methyl/N-ethyl adjacent to an activating group) is 1. The largest absolute Gasteiger partial charge is 0.458 e. The number of nitrogens with zero attached hydrogens (tertiary/aromatic N) is 1. The lowest BCUT2D eigenvalue weighted by atomic mass is 9.94. The van der Waals surface area contributed by atoms with Gasteiger partial charge in [-0.2, -0.15) is 0 Å². The van der Waals surface area contributed by atoms with E-state index in [1.165, 1.54) is 0 Å². The summed E-state index contributed by atoms with van der Waals surface area (Å²) in [6, 6.07) is 8.87. The number of unbranched alkanes of at least 4 members (excludes halogenated alkanes) is 3. The van der Waals surface area contributed by atoms with Crippen LogP contribution >= 0.6 is 0 Å². The second-order valence-corrected chi connectivity index (χ2v) is 6.77. The number of rotatable bonds is 6. The summed E-state index contributed by atoms with van der Waals surface area (Å²) in [5.41, 5.74) is -1.43. The Kier molecular flexibility index (Phi) is 7.49. The van der Waals surface area contributed by atoms with Crippen LogP contribution in [-0.4, -0.2) is 42.2 Å². The molecule has 0 aliphatic carbocycles. The number of ether oxygens (including phenoxy) is 1. The average Bonchev–Trinajstić information content (AvgIpc) is 2.62. The van der Waals surface area contributed by atoms with E-state index in [1.54, 1.807) is 24.3 Å². The lowest BCUT2D eigenvalue weighted by Crippen LogP contribution is -2.43. The zero-order valence-electron chi connectivity index (χ0n) is 15.3. The number of carbonyl (C=O) groups is 1. The Morgan fingerprint density at radius 1 is 1.36 bits per heavy atom. The SMILES string of the molecule is CCCCCC#CC(O)(C(=O)OC1CCCN(C)C1)c1ccccc1. The number of esters is 1. The minimum atomic E-state index is -1.90. The Hall–Kier alpha value is -1.83. The van der Waals surface area contributed by atoms with Gasteiger partial charge in [0, 0.05) is 18.5 Å². The Morgan fingerprint density at radius 2 is 2.12 bits per heavy atom. The van der Waals surface area contributed by atoms with Gasteiger partial charge in [0.25, 0.3) is 0 Å². The molecule has 1 saturated heterocycles. The third-order valence-electron chi connectivity index (χ3n) is 4.52. The maximum atomic E-state index is 12.8. The Bertz CT molecular complexity index is 605. The number of hydrogen-bond donors (Lipinski definition) is 1. The zero-order chi connectivity index (χ0) is 18.1. The van der Waals surface area contributed by atoms with Crippen molar-refractivity contribution in [2.45, 2.75) is 57.2 Å². The highest BCUT2D eigenvalue weighted by atomic mass is 16.6. The summed E-state index contributed by atoms with van der Waals surface area (Å²) in [5.74, 6) is 5.10. The van der Waals surface area contributed by atoms with Crippen LogP contribution in [0.2, 0.25) is 0 Å². The van der Waals surface area contributed by atoms with Gasteiger partial charge in [-0.1, -0.05) is 61.9 Å². The lowest BCUT2D eigenvalue weighted by molar-refractivity contribution is -0.168. The molecule has 136 valence electrons. The summed E-state index contributed by atoms with van der Waals surface area (Å²) in [7, 11) is 2.01. The van der Waals surface area contributed by atoms with E-state index >= 15 is 0 Å². The second-order valence-electron chi connectivity index (χ2n) is 6.77. The smallest absolute Gasteiger partial charge is 0.356 e. The zero-order valence-corrected chi connectivity index (χ0v) is 15.3. The number of aliphatic hydroxyl groups is 1. The summed E-state index contributed by atoms with van der Waals surface area (Å²) in [4.78, 5) is 14.9. The molecule has 1 aromatic rings. The van der Waals surface area contributed by atoms with Crippen LogP contribution in [0.5, 0.6) is 0 Å². The molecular formula is C21H29NO3. The van der Waals surface area contributed by atoms with Crippen LogP contribution in [0, 0.1) is 11.8 Å². The normalized spacial score (nSPS) is 20.2. The third kappa shape index (κ3) is 5.59. The molecule has 4 nitrogen and oxygen atoms in total. The van der Waals surface area contributed by atoms with Gasteiger partial charge in [0.2, 0.25) is 5.60 Å². The van der Waals surface area contributed by atoms with Crippen LogP contribution in [0.25, 0.3) is 0 Å². The summed E-state index contributed by atoms with van der Waals surface area (Å²) < 4.78 is 5.63. The molecule has 0 aromatic heterocycles. The van der Waals surface area contributed by atoms with Gasteiger partial charge in [-0.25, -0.2) is 4.79 Å². The Balaban J connectivity index is 2.14. The van der Waals surface area contributed by atoms with E-state index in [0.29, 0.717) is 18.5 Å². The van der Waals surface area contributed by atoms with Crippen LogP contribution in [0.3, 0.4) is 0 Å². The van der Waals surface area contributed by atoms with Gasteiger partial charge in [0.05, 0.1) is 0 Å². The van der Waals surface area contributed by atoms with Gasteiger partial charge in [0.1, 0.15) is 6.10 Å². The molecular weight excluding hydrogens is 314 g/mol. The van der Waals surface area contributed by atoms with Crippen molar-refractivity contribution >= 4 is 5.97 Å². The second kappa shape index (κ2) is 9.60. The van der Waals surface area contributed by atoms with Crippen molar-refractivity contribution in [2.75, 3.05) is 20.1 Å². The molecule has 1 aromatic carbocycles. The number of carbonyl (C=O) groups excluding carboxylic acids is 1. The van der Waals surface area contributed by atoms with Gasteiger partial charge in [-0.05, 0) is 32.9 Å². The van der Waals surface area contributed by atoms with Crippen LogP contribution in [0.15, 0.2) is 30.3 Å². The summed E-state index contributed by atoms with van der Waals surface area (Å²) in [6.07, 6.45) is 5.47. The monoisotopic (exact) mass is 343 g/mol. The fourth-order valence-corrected chi connectivity index (χ4v) is 3.03. The van der Waals surface area contributed by atoms with E-state index in [0.717, 1.165) is 38.6 Å². The van der Waals surface area contributed by atoms with Crippen molar-refractivity contribution in [3.63, 3.8) is 0 Å². The standard InChI is InChI=1S/C21H29NO3/c1-3-4-5-6-10-15-21(24,18-12-8-7-9-13-18)20(23)25-19-14-11-16-22(2)17-19/h7-9,12-13,19,24H,3-6,11,14,16-17H2,1-2H3. The first kappa shape index (κ1) is 19.5. The number of likely N-dealkylation sites (tertiary alicyclic amines) is 1. The number of hydrogen-bond acceptors (Lipinski definition) is 4. The van der Waals surface area contributed by atoms with Crippen molar-refractivity contribution < 1.29 is 14.6 Å². The first-order valence-electron chi connectivity index (χ1n) is 9.24. The predicted octanol–water partition coefficient (Wildman–Crippen LogP) is 3.10. The van der Waals surface area contributed by atoms with Crippen molar-refractivity contribution in [1.29, 1.82) is 0 Å². The highest BCUT2D eigenvalue weighted by Crippen LogP contribution is 2.24. The molecule has 2 atom stereocenters. The van der Waals surface area contributed by atoms with E-state index in [1.807, 2.05) is 13.1 Å². The van der Waals surface area contributed by atoms with E-state index < -0.39 is 11.6 Å². The molecule has 0 radical (unpaired) electrons. The number of benzene rings is 1. The molecule has 1 heterocycles. The summed E-state index contributed by atoms with van der Waals surface area (Å²) in [6.45, 7) is 3.83. The molecule has 4 heteroatoms. The molecule has 1 aliphatic rings. The van der Waals surface area contributed by atoms with Crippen molar-refractivity contribution in [1.82, 2.24) is 4.90 Å². The number of piperidine rings is 1. The molecule has 2 unspecified atom stereocenters. The predicted molar refractivity (Wildman–Crippen MR) is 98.9 cm³/mol. The molecule has 0 bridgehead atoms. The van der Waals surface area contributed by atoms with Gasteiger partial charge in [-0.15, -0.1) is 0 Å². The van der Waals surface area contributed by atoms with Crippen molar-refractivity contribution in [3.05, 3.63) is 35.9 Å². The Labute approximate surface area is 151 Å². The molecule has 0 spiro atoms. The average molecular weight is 343 g/mol. The van der Waals surface area contributed by atoms with E-state index in [2.05, 4.69) is 23.7 Å². The van der Waals surface area contributed by atoms with E-state index in [-0.39, 0.29) is 6.10 Å². The minimum absolute atomic E-state index is 0.191. The minimum Gasteiger partial charge on any atom is -0.458 e. The third-order valence-corrected chi connectivity index (χ3v) is 4.52. The van der Waals surface area contributed by atoms with Crippen molar-refractivity contribution in [3.8, 4) is 11.8 Å². The fourth-order valence-electron chi connectivity index (χ4n) is 3.03. The summed E-state index contributed by atoms with van der Waals surface area (Å²) >= 11 is 0. The van der Waals surface area contributed by atoms with E-state index in [4.69, 9.17) is 4.74 Å². The van der Waals surface area contributed by atoms with Gasteiger partial charge in [0.15, 0.2) is 0 Å². The summed E-state index contributed by atoms with van der Waals surface area (Å²) in [5, 5.41) is 11.0.